The van der Waals surface area contributed by atoms with E-state index in [2.05, 4.69) is 15.3 Å². The Morgan fingerprint density at radius 1 is 1.19 bits per heavy atom. The van der Waals surface area contributed by atoms with Gasteiger partial charge in [-0.3, -0.25) is 13.9 Å². The maximum Gasteiger partial charge on any atom is 0.407 e. The van der Waals surface area contributed by atoms with Crippen LogP contribution in [0, 0.1) is 0 Å². The summed E-state index contributed by atoms with van der Waals surface area (Å²) in [5, 5.41) is 2.59. The summed E-state index contributed by atoms with van der Waals surface area (Å²) in [4.78, 5) is 36.6. The molecule has 11 nitrogen and oxygen atoms in total. The van der Waals surface area contributed by atoms with Gasteiger partial charge in [-0.1, -0.05) is 30.3 Å². The van der Waals surface area contributed by atoms with Gasteiger partial charge in [0.15, 0.2) is 11.2 Å². The van der Waals surface area contributed by atoms with Crippen molar-refractivity contribution in [3.05, 3.63) is 46.2 Å². The topological polar surface area (TPSA) is 128 Å². The number of hydrogen-bond acceptors (Lipinski definition) is 8. The number of amides is 1. The van der Waals surface area contributed by atoms with E-state index in [1.54, 1.807) is 4.57 Å². The molecule has 1 atom stereocenters. The van der Waals surface area contributed by atoms with Gasteiger partial charge in [-0.2, -0.15) is 9.97 Å². The number of carbonyl (C=O) groups excluding carboxylic acids is 1. The van der Waals surface area contributed by atoms with Crippen molar-refractivity contribution in [2.45, 2.75) is 57.0 Å². The SMILES string of the molecule is Cn1c(S(C)(=O)=O)nc2nc(N3CCCC(NC(=O)OC(C)(C)C)C3)n(Cc3ccccc3)c2c1=O. The maximum atomic E-state index is 13.4. The molecule has 4 rings (SSSR count). The molecule has 3 aromatic rings. The number of aromatic nitrogens is 4. The van der Waals surface area contributed by atoms with Gasteiger partial charge in [0.05, 0.1) is 6.54 Å². The Kier molecular flexibility index (Phi) is 6.82. The fourth-order valence-electron chi connectivity index (χ4n) is 4.37. The van der Waals surface area contributed by atoms with Crippen molar-refractivity contribution in [2.75, 3.05) is 24.2 Å². The minimum Gasteiger partial charge on any atom is -0.444 e. The van der Waals surface area contributed by atoms with Gasteiger partial charge in [0, 0.05) is 32.4 Å². The molecule has 1 aromatic carbocycles. The molecule has 12 heteroatoms. The Hall–Kier alpha value is -3.41. The summed E-state index contributed by atoms with van der Waals surface area (Å²) in [6.45, 7) is 6.89. The maximum absolute atomic E-state index is 13.4. The van der Waals surface area contributed by atoms with Crippen molar-refractivity contribution in [2.24, 2.45) is 7.05 Å². The van der Waals surface area contributed by atoms with Gasteiger partial charge < -0.3 is 15.0 Å². The highest BCUT2D eigenvalue weighted by atomic mass is 32.2. The fourth-order valence-corrected chi connectivity index (χ4v) is 5.20. The molecule has 1 aliphatic heterocycles. The average Bonchev–Trinajstić information content (AvgIpc) is 3.13. The van der Waals surface area contributed by atoms with E-state index in [0.29, 0.717) is 25.6 Å². The fraction of sp³-hybridized carbons (Fsp3) is 0.500. The molecular formula is C24H32N6O5S. The zero-order valence-corrected chi connectivity index (χ0v) is 22.0. The Labute approximate surface area is 210 Å². The molecule has 1 amide bonds. The van der Waals surface area contributed by atoms with Gasteiger partial charge in [-0.25, -0.2) is 13.2 Å². The van der Waals surface area contributed by atoms with E-state index in [1.165, 1.54) is 7.05 Å². The van der Waals surface area contributed by atoms with Crippen LogP contribution in [0.4, 0.5) is 10.7 Å². The molecule has 0 bridgehead atoms. The summed E-state index contributed by atoms with van der Waals surface area (Å²) in [7, 11) is -2.35. The number of nitrogens with one attached hydrogen (secondary N) is 1. The molecule has 1 N–H and O–H groups in total. The second-order valence-electron chi connectivity index (χ2n) is 10.1. The molecule has 36 heavy (non-hydrogen) atoms. The number of imidazole rings is 1. The first-order valence-electron chi connectivity index (χ1n) is 11.8. The van der Waals surface area contributed by atoms with E-state index in [9.17, 15) is 18.0 Å². The predicted octanol–water partition coefficient (Wildman–Crippen LogP) is 2.08. The summed E-state index contributed by atoms with van der Waals surface area (Å²) in [5.74, 6) is 0.500. The number of piperidine rings is 1. The molecular weight excluding hydrogens is 484 g/mol. The zero-order valence-electron chi connectivity index (χ0n) is 21.2. The van der Waals surface area contributed by atoms with Crippen molar-refractivity contribution >= 4 is 33.0 Å². The van der Waals surface area contributed by atoms with Crippen LogP contribution in [0.25, 0.3) is 11.2 Å². The van der Waals surface area contributed by atoms with Crippen LogP contribution in [0.3, 0.4) is 0 Å². The monoisotopic (exact) mass is 516 g/mol. The standard InChI is InChI=1S/C24H32N6O5S/c1-24(2,3)35-23(32)25-17-12-9-13-29(15-17)21-26-19-18(30(21)14-16-10-7-6-8-11-16)20(31)28(4)22(27-19)36(5,33)34/h6-8,10-11,17H,9,12-15H2,1-5H3,(H,25,32). The molecule has 0 radical (unpaired) electrons. The smallest absolute Gasteiger partial charge is 0.407 e. The molecule has 1 saturated heterocycles. The zero-order chi connectivity index (χ0) is 26.3. The number of sulfone groups is 1. The van der Waals surface area contributed by atoms with Gasteiger partial charge in [0.1, 0.15) is 5.60 Å². The lowest BCUT2D eigenvalue weighted by atomic mass is 10.1. The molecule has 0 aliphatic carbocycles. The first kappa shape index (κ1) is 25.7. The lowest BCUT2D eigenvalue weighted by molar-refractivity contribution is 0.0499. The first-order valence-corrected chi connectivity index (χ1v) is 13.7. The van der Waals surface area contributed by atoms with Crippen LogP contribution in [-0.2, 0) is 28.2 Å². The van der Waals surface area contributed by atoms with Crippen LogP contribution in [0.2, 0.25) is 0 Å². The molecule has 194 valence electrons. The summed E-state index contributed by atoms with van der Waals surface area (Å²) in [5.41, 5.74) is 0.159. The Balaban J connectivity index is 1.76. The number of alkyl carbamates (subject to hydrolysis) is 1. The second-order valence-corrected chi connectivity index (χ2v) is 12.0. The van der Waals surface area contributed by atoms with Crippen molar-refractivity contribution in [3.63, 3.8) is 0 Å². The largest absolute Gasteiger partial charge is 0.444 e. The third kappa shape index (κ3) is 5.53. The van der Waals surface area contributed by atoms with Crippen LogP contribution in [0.15, 0.2) is 40.3 Å². The summed E-state index contributed by atoms with van der Waals surface area (Å²) >= 11 is 0. The Morgan fingerprint density at radius 3 is 2.53 bits per heavy atom. The quantitative estimate of drug-likeness (QED) is 0.511. The van der Waals surface area contributed by atoms with Crippen molar-refractivity contribution in [3.8, 4) is 0 Å². The van der Waals surface area contributed by atoms with Crippen molar-refractivity contribution in [1.29, 1.82) is 0 Å². The van der Waals surface area contributed by atoms with Crippen LogP contribution in [-0.4, -0.2) is 64.6 Å². The highest BCUT2D eigenvalue weighted by Gasteiger charge is 2.29. The third-order valence-electron chi connectivity index (χ3n) is 5.86. The number of hydrogen-bond donors (Lipinski definition) is 1. The van der Waals surface area contributed by atoms with Gasteiger partial charge in [-0.05, 0) is 39.2 Å². The normalized spacial score (nSPS) is 16.8. The summed E-state index contributed by atoms with van der Waals surface area (Å²) in [6.07, 6.45) is 2.09. The number of carbonyl (C=O) groups is 1. The number of benzene rings is 1. The van der Waals surface area contributed by atoms with Crippen LogP contribution >= 0.6 is 0 Å². The minimum atomic E-state index is -3.74. The van der Waals surface area contributed by atoms with Crippen molar-refractivity contribution < 1.29 is 17.9 Å². The minimum absolute atomic E-state index is 0.0756. The van der Waals surface area contributed by atoms with Crippen molar-refractivity contribution in [1.82, 2.24) is 24.4 Å². The number of nitrogens with zero attached hydrogens (tertiary/aromatic N) is 5. The van der Waals surface area contributed by atoms with E-state index >= 15 is 0 Å². The highest BCUT2D eigenvalue weighted by Crippen LogP contribution is 2.25. The molecule has 0 spiro atoms. The number of anilines is 1. The number of fused-ring (bicyclic) bond motifs is 1. The summed E-state index contributed by atoms with van der Waals surface area (Å²) < 4.78 is 32.8. The first-order chi connectivity index (χ1) is 16.8. The lowest BCUT2D eigenvalue weighted by Gasteiger charge is -2.34. The summed E-state index contributed by atoms with van der Waals surface area (Å²) in [6, 6.07) is 9.44. The third-order valence-corrected chi connectivity index (χ3v) is 6.89. The van der Waals surface area contributed by atoms with E-state index < -0.39 is 27.1 Å². The van der Waals surface area contributed by atoms with Crippen LogP contribution < -0.4 is 15.8 Å². The number of ether oxygens (including phenoxy) is 1. The molecule has 2 aromatic heterocycles. The van der Waals surface area contributed by atoms with Gasteiger partial charge >= 0.3 is 6.09 Å². The predicted molar refractivity (Wildman–Crippen MR) is 136 cm³/mol. The molecule has 3 heterocycles. The van der Waals surface area contributed by atoms with E-state index in [-0.39, 0.29) is 22.4 Å². The van der Waals surface area contributed by atoms with E-state index in [0.717, 1.165) is 29.2 Å². The number of rotatable bonds is 5. The van der Waals surface area contributed by atoms with Gasteiger partial charge in [0.25, 0.3) is 5.56 Å². The lowest BCUT2D eigenvalue weighted by Crippen LogP contribution is -2.49. The van der Waals surface area contributed by atoms with Crippen LogP contribution in [0.5, 0.6) is 0 Å². The van der Waals surface area contributed by atoms with Gasteiger partial charge in [-0.15, -0.1) is 0 Å². The molecule has 1 aliphatic rings. The van der Waals surface area contributed by atoms with Crippen LogP contribution in [0.1, 0.15) is 39.2 Å². The van der Waals surface area contributed by atoms with E-state index in [4.69, 9.17) is 4.74 Å². The Bertz CT molecular complexity index is 1440. The molecule has 1 unspecified atom stereocenters. The van der Waals surface area contributed by atoms with E-state index in [1.807, 2.05) is 56.0 Å². The molecule has 0 saturated carbocycles. The molecule has 1 fully saturated rings. The van der Waals surface area contributed by atoms with Gasteiger partial charge in [0.2, 0.25) is 20.9 Å². The average molecular weight is 517 g/mol. The Morgan fingerprint density at radius 2 is 1.89 bits per heavy atom. The second kappa shape index (κ2) is 9.57. The highest BCUT2D eigenvalue weighted by molar-refractivity contribution is 7.90.